The van der Waals surface area contributed by atoms with Gasteiger partial charge in [-0.2, -0.15) is 0 Å². The molecule has 17 heavy (non-hydrogen) atoms. The third kappa shape index (κ3) is 1.68. The number of alkyl halides is 3. The molecule has 86 valence electrons. The first-order valence-electron chi connectivity index (χ1n) is 5.05. The fourth-order valence-electron chi connectivity index (χ4n) is 2.01. The van der Waals surface area contributed by atoms with E-state index in [0.717, 1.165) is 20.0 Å². The van der Waals surface area contributed by atoms with Crippen molar-refractivity contribution in [2.24, 2.45) is 0 Å². The van der Waals surface area contributed by atoms with E-state index in [9.17, 15) is 13.2 Å². The van der Waals surface area contributed by atoms with E-state index < -0.39 is 11.7 Å². The zero-order valence-electron chi connectivity index (χ0n) is 8.58. The number of benzene rings is 2. The first kappa shape index (κ1) is 10.9. The van der Waals surface area contributed by atoms with Gasteiger partial charge in [0.25, 0.3) is 0 Å². The second-order valence-corrected chi connectivity index (χ2v) is 6.05. The Labute approximate surface area is 101 Å². The van der Waals surface area contributed by atoms with Gasteiger partial charge in [-0.05, 0) is 0 Å². The van der Waals surface area contributed by atoms with Crippen LogP contribution in [0.25, 0.3) is 19.3 Å². The molecule has 1 aromatic heterocycles. The Morgan fingerprint density at radius 2 is 1.53 bits per heavy atom. The molecule has 0 saturated carbocycles. The molecule has 0 fully saturated rings. The van der Waals surface area contributed by atoms with Crippen LogP contribution >= 0.6 is 0 Å². The van der Waals surface area contributed by atoms with E-state index in [1.807, 2.05) is 12.1 Å². The van der Waals surface area contributed by atoms with Gasteiger partial charge in [0, 0.05) is 0 Å². The molecule has 2 aromatic carbocycles. The third-order valence-electron chi connectivity index (χ3n) is 2.71. The molecule has 0 nitrogen and oxygen atoms in total. The molecule has 1 heterocycles. The van der Waals surface area contributed by atoms with Crippen LogP contribution in [0.3, 0.4) is 0 Å². The summed E-state index contributed by atoms with van der Waals surface area (Å²) in [4.78, 5) is 0. The van der Waals surface area contributed by atoms with Crippen LogP contribution < -0.4 is 0 Å². The molecule has 0 radical (unpaired) electrons. The summed E-state index contributed by atoms with van der Waals surface area (Å²) in [6.07, 6.45) is -4.28. The Bertz CT molecular complexity index is 695. The molecule has 3 aromatic rings. The number of hydrogen-bond acceptors (Lipinski definition) is 0. The zero-order chi connectivity index (χ0) is 12.0. The van der Waals surface area contributed by atoms with Crippen LogP contribution in [0, 0.1) is 0 Å². The summed E-state index contributed by atoms with van der Waals surface area (Å²) in [6, 6.07) is 11.8. The van der Waals surface area contributed by atoms with Gasteiger partial charge >= 0.3 is 101 Å². The molecule has 0 saturated heterocycles. The quantitative estimate of drug-likeness (QED) is 0.549. The molecule has 0 unspecified atom stereocenters. The second kappa shape index (κ2) is 3.62. The van der Waals surface area contributed by atoms with Crippen LogP contribution in [0.5, 0.6) is 0 Å². The van der Waals surface area contributed by atoms with E-state index in [-0.39, 0.29) is 14.5 Å². The Hall–Kier alpha value is -1.25. The van der Waals surface area contributed by atoms with Gasteiger partial charge in [-0.1, -0.05) is 0 Å². The van der Waals surface area contributed by atoms with Crippen LogP contribution in [0.15, 0.2) is 42.5 Å². The fourth-order valence-corrected chi connectivity index (χ4v) is 4.39. The first-order valence-corrected chi connectivity index (χ1v) is 6.76. The van der Waals surface area contributed by atoms with Gasteiger partial charge in [-0.15, -0.1) is 0 Å². The Balaban J connectivity index is 2.52. The number of rotatable bonds is 0. The van der Waals surface area contributed by atoms with Gasteiger partial charge in [-0.25, -0.2) is 0 Å². The maximum absolute atomic E-state index is 12.9. The monoisotopic (exact) mass is 300 g/mol. The molecule has 0 N–H and O–H groups in total. The first-order chi connectivity index (χ1) is 8.07. The molecule has 0 atom stereocenters. The van der Waals surface area contributed by atoms with Gasteiger partial charge < -0.3 is 0 Å². The van der Waals surface area contributed by atoms with E-state index in [0.29, 0.717) is 5.39 Å². The average Bonchev–Trinajstić information content (AvgIpc) is 2.65. The molecule has 0 aliphatic carbocycles. The maximum atomic E-state index is 12.9. The minimum atomic E-state index is -4.28. The predicted molar refractivity (Wildman–Crippen MR) is 63.4 cm³/mol. The predicted octanol–water partition coefficient (Wildman–Crippen LogP) is 4.07. The van der Waals surface area contributed by atoms with Crippen molar-refractivity contribution in [2.75, 3.05) is 0 Å². The van der Waals surface area contributed by atoms with Crippen molar-refractivity contribution in [3.05, 3.63) is 48.0 Å². The summed E-state index contributed by atoms with van der Waals surface area (Å²) in [5.41, 5.74) is -0.512. The van der Waals surface area contributed by atoms with Crippen molar-refractivity contribution in [2.45, 2.75) is 6.18 Å². The molecule has 0 bridgehead atoms. The second-order valence-electron chi connectivity index (χ2n) is 3.77. The van der Waals surface area contributed by atoms with E-state index in [2.05, 4.69) is 0 Å². The normalized spacial score (nSPS) is 12.4. The third-order valence-corrected chi connectivity index (χ3v) is 5.09. The Morgan fingerprint density at radius 3 is 2.29 bits per heavy atom. The molecule has 0 aliphatic rings. The van der Waals surface area contributed by atoms with E-state index >= 15 is 0 Å². The van der Waals surface area contributed by atoms with Crippen LogP contribution in [0.4, 0.5) is 13.2 Å². The SMILES string of the molecule is FC(F)(F)c1cccc2[se]c3ccccc3c12. The van der Waals surface area contributed by atoms with Gasteiger partial charge in [0.15, 0.2) is 0 Å². The van der Waals surface area contributed by atoms with Crippen molar-refractivity contribution in [3.8, 4) is 0 Å². The van der Waals surface area contributed by atoms with Gasteiger partial charge in [0.2, 0.25) is 0 Å². The summed E-state index contributed by atoms with van der Waals surface area (Å²) in [5.74, 6) is 0. The fraction of sp³-hybridized carbons (Fsp3) is 0.0769. The Kier molecular flexibility index (Phi) is 2.32. The van der Waals surface area contributed by atoms with E-state index in [1.54, 1.807) is 18.2 Å². The molecular weight excluding hydrogens is 292 g/mol. The standard InChI is InChI=1S/C13H7F3Se/c14-13(15,16)9-5-3-7-11-12(9)8-4-1-2-6-10(8)17-11/h1-7H. The van der Waals surface area contributed by atoms with Crippen LogP contribution in [-0.2, 0) is 6.18 Å². The van der Waals surface area contributed by atoms with Gasteiger partial charge in [-0.3, -0.25) is 0 Å². The molecule has 3 rings (SSSR count). The summed E-state index contributed by atoms with van der Waals surface area (Å²) in [6.45, 7) is 0. The van der Waals surface area contributed by atoms with Crippen molar-refractivity contribution in [3.63, 3.8) is 0 Å². The summed E-state index contributed by atoms with van der Waals surface area (Å²) < 4.78 is 40.7. The summed E-state index contributed by atoms with van der Waals surface area (Å²) in [7, 11) is 0. The Morgan fingerprint density at radius 1 is 0.824 bits per heavy atom. The molecular formula is C13H7F3Se. The molecule has 0 amide bonds. The van der Waals surface area contributed by atoms with Crippen molar-refractivity contribution in [1.82, 2.24) is 0 Å². The molecule has 0 spiro atoms. The van der Waals surface area contributed by atoms with Crippen LogP contribution in [0.2, 0.25) is 0 Å². The molecule has 4 heteroatoms. The number of hydrogen-bond donors (Lipinski definition) is 0. The van der Waals surface area contributed by atoms with Crippen LogP contribution in [0.1, 0.15) is 5.56 Å². The van der Waals surface area contributed by atoms with E-state index in [4.69, 9.17) is 0 Å². The minimum absolute atomic E-state index is 0.00676. The van der Waals surface area contributed by atoms with Crippen molar-refractivity contribution < 1.29 is 13.2 Å². The number of halogens is 3. The van der Waals surface area contributed by atoms with E-state index in [1.165, 1.54) is 6.07 Å². The van der Waals surface area contributed by atoms with Crippen molar-refractivity contribution >= 4 is 33.8 Å². The number of fused-ring (bicyclic) bond motifs is 3. The van der Waals surface area contributed by atoms with Crippen LogP contribution in [-0.4, -0.2) is 14.5 Å². The zero-order valence-corrected chi connectivity index (χ0v) is 10.3. The summed E-state index contributed by atoms with van der Waals surface area (Å²) >= 11 is -0.00676. The van der Waals surface area contributed by atoms with Gasteiger partial charge in [0.05, 0.1) is 0 Å². The van der Waals surface area contributed by atoms with Crippen molar-refractivity contribution in [1.29, 1.82) is 0 Å². The van der Waals surface area contributed by atoms with Gasteiger partial charge in [0.1, 0.15) is 0 Å². The summed E-state index contributed by atoms with van der Waals surface area (Å²) in [5, 5.41) is 1.13. The average molecular weight is 299 g/mol. The molecule has 0 aliphatic heterocycles. The topological polar surface area (TPSA) is 0 Å².